The van der Waals surface area contributed by atoms with Gasteiger partial charge in [0, 0.05) is 25.0 Å². The van der Waals surface area contributed by atoms with E-state index in [4.69, 9.17) is 0 Å². The number of piperidine rings is 1. The van der Waals surface area contributed by atoms with Crippen molar-refractivity contribution in [3.8, 4) is 5.69 Å². The summed E-state index contributed by atoms with van der Waals surface area (Å²) in [5.41, 5.74) is 1.92. The maximum atomic E-state index is 13.3. The summed E-state index contributed by atoms with van der Waals surface area (Å²) in [7, 11) is -3.67. The molecule has 1 N–H and O–H groups in total. The monoisotopic (exact) mass is 418 g/mol. The highest BCUT2D eigenvalue weighted by Crippen LogP contribution is 2.29. The third-order valence-corrected chi connectivity index (χ3v) is 7.80. The van der Waals surface area contributed by atoms with Crippen LogP contribution in [0.5, 0.6) is 0 Å². The number of aryl methyl sites for hydroxylation is 1. The quantitative estimate of drug-likeness (QED) is 0.782. The molecule has 0 bridgehead atoms. The molecule has 8 heteroatoms. The summed E-state index contributed by atoms with van der Waals surface area (Å²) in [6, 6.07) is 9.64. The van der Waals surface area contributed by atoms with Crippen molar-refractivity contribution in [2.75, 3.05) is 13.1 Å². The largest absolute Gasteiger partial charge is 0.353 e. The highest BCUT2D eigenvalue weighted by molar-refractivity contribution is 7.89. The molecule has 1 aliphatic rings. The Balaban J connectivity index is 1.78. The third-order valence-electron chi connectivity index (χ3n) is 5.65. The lowest BCUT2D eigenvalue weighted by Gasteiger charge is -2.31. The van der Waals surface area contributed by atoms with Crippen LogP contribution in [0.25, 0.3) is 5.69 Å². The molecule has 29 heavy (non-hydrogen) atoms. The van der Waals surface area contributed by atoms with E-state index in [0.29, 0.717) is 37.3 Å². The standard InChI is InChI=1S/C21H30N4O3S/c1-5-15(2)22-21(26)18-11-13-24(14-12-18)29(27,28)20-16(3)23-25(17(20)4)19-9-7-6-8-10-19/h6-10,15,18H,5,11-14H2,1-4H3,(H,22,26). The van der Waals surface area contributed by atoms with Gasteiger partial charge in [-0.2, -0.15) is 9.40 Å². The van der Waals surface area contributed by atoms with Crippen LogP contribution >= 0.6 is 0 Å². The number of carbonyl (C=O) groups is 1. The van der Waals surface area contributed by atoms with E-state index in [1.807, 2.05) is 44.2 Å². The first kappa shape index (κ1) is 21.5. The van der Waals surface area contributed by atoms with Crippen LogP contribution in [-0.2, 0) is 14.8 Å². The van der Waals surface area contributed by atoms with Crippen molar-refractivity contribution < 1.29 is 13.2 Å². The fraction of sp³-hybridized carbons (Fsp3) is 0.524. The molecule has 0 aliphatic carbocycles. The van der Waals surface area contributed by atoms with Crippen molar-refractivity contribution in [3.05, 3.63) is 41.7 Å². The first-order chi connectivity index (χ1) is 13.8. The van der Waals surface area contributed by atoms with Gasteiger partial charge < -0.3 is 5.32 Å². The lowest BCUT2D eigenvalue weighted by molar-refractivity contribution is -0.126. The Labute approximate surface area is 173 Å². The summed E-state index contributed by atoms with van der Waals surface area (Å²) in [5.74, 6) is -0.106. The van der Waals surface area contributed by atoms with Gasteiger partial charge >= 0.3 is 0 Å². The van der Waals surface area contributed by atoms with Crippen molar-refractivity contribution in [1.29, 1.82) is 0 Å². The van der Waals surface area contributed by atoms with Gasteiger partial charge in [-0.05, 0) is 52.2 Å². The summed E-state index contributed by atoms with van der Waals surface area (Å²) < 4.78 is 29.9. The predicted octanol–water partition coefficient (Wildman–Crippen LogP) is 2.80. The number of nitrogens with zero attached hydrogens (tertiary/aromatic N) is 3. The zero-order valence-corrected chi connectivity index (χ0v) is 18.4. The molecule has 1 unspecified atom stereocenters. The van der Waals surface area contributed by atoms with Crippen LogP contribution in [0.2, 0.25) is 0 Å². The van der Waals surface area contributed by atoms with Crippen molar-refractivity contribution in [2.24, 2.45) is 5.92 Å². The number of rotatable bonds is 6. The molecule has 1 saturated heterocycles. The van der Waals surface area contributed by atoms with Crippen molar-refractivity contribution >= 4 is 15.9 Å². The summed E-state index contributed by atoms with van der Waals surface area (Å²) in [4.78, 5) is 12.6. The Morgan fingerprint density at radius 2 is 1.83 bits per heavy atom. The molecule has 0 saturated carbocycles. The summed E-state index contributed by atoms with van der Waals surface area (Å²) in [6.07, 6.45) is 1.95. The number of sulfonamides is 1. The number of hydrogen-bond acceptors (Lipinski definition) is 4. The Hall–Kier alpha value is -2.19. The maximum absolute atomic E-state index is 13.3. The lowest BCUT2D eigenvalue weighted by atomic mass is 9.97. The molecular weight excluding hydrogens is 388 g/mol. The Morgan fingerprint density at radius 1 is 1.21 bits per heavy atom. The van der Waals surface area contributed by atoms with Gasteiger partial charge in [0.2, 0.25) is 15.9 Å². The Bertz CT molecular complexity index is 961. The number of amides is 1. The van der Waals surface area contributed by atoms with E-state index in [9.17, 15) is 13.2 Å². The van der Waals surface area contributed by atoms with Gasteiger partial charge in [0.05, 0.1) is 17.1 Å². The first-order valence-electron chi connectivity index (χ1n) is 10.2. The minimum atomic E-state index is -3.67. The fourth-order valence-electron chi connectivity index (χ4n) is 3.77. The second-order valence-corrected chi connectivity index (χ2v) is 9.62. The first-order valence-corrected chi connectivity index (χ1v) is 11.6. The number of nitrogens with one attached hydrogen (secondary N) is 1. The van der Waals surface area contributed by atoms with Gasteiger partial charge in [-0.3, -0.25) is 4.79 Å². The fourth-order valence-corrected chi connectivity index (χ4v) is 5.60. The molecule has 7 nitrogen and oxygen atoms in total. The molecule has 2 aromatic rings. The highest BCUT2D eigenvalue weighted by Gasteiger charge is 2.35. The SMILES string of the molecule is CCC(C)NC(=O)C1CCN(S(=O)(=O)c2c(C)nn(-c3ccccc3)c2C)CC1. The molecule has 1 aliphatic heterocycles. The van der Waals surface area contributed by atoms with Gasteiger partial charge in [0.15, 0.2) is 0 Å². The molecule has 1 fully saturated rings. The zero-order valence-electron chi connectivity index (χ0n) is 17.6. The van der Waals surface area contributed by atoms with Gasteiger partial charge in [-0.25, -0.2) is 13.1 Å². The molecule has 1 aromatic heterocycles. The van der Waals surface area contributed by atoms with Crippen molar-refractivity contribution in [1.82, 2.24) is 19.4 Å². The molecule has 0 radical (unpaired) electrons. The summed E-state index contributed by atoms with van der Waals surface area (Å²) in [6.45, 7) is 8.21. The van der Waals surface area contributed by atoms with Crippen molar-refractivity contribution in [3.63, 3.8) is 0 Å². The Kier molecular flexibility index (Phi) is 6.43. The van der Waals surface area contributed by atoms with Crippen LogP contribution < -0.4 is 5.32 Å². The van der Waals surface area contributed by atoms with Crippen LogP contribution in [0.1, 0.15) is 44.5 Å². The lowest BCUT2D eigenvalue weighted by Crippen LogP contribution is -2.44. The van der Waals surface area contributed by atoms with Gasteiger partial charge in [-0.15, -0.1) is 0 Å². The van der Waals surface area contributed by atoms with E-state index in [1.165, 1.54) is 4.31 Å². The smallest absolute Gasteiger partial charge is 0.246 e. The summed E-state index contributed by atoms with van der Waals surface area (Å²) in [5, 5.41) is 7.48. The number of carbonyl (C=O) groups excluding carboxylic acids is 1. The molecular formula is C21H30N4O3S. The molecule has 1 aromatic carbocycles. The third kappa shape index (κ3) is 4.38. The number of hydrogen-bond donors (Lipinski definition) is 1. The number of para-hydroxylation sites is 1. The van der Waals surface area contributed by atoms with Gasteiger partial charge in [0.1, 0.15) is 4.90 Å². The van der Waals surface area contributed by atoms with E-state index in [1.54, 1.807) is 18.5 Å². The Morgan fingerprint density at radius 3 is 2.41 bits per heavy atom. The second-order valence-electron chi connectivity index (χ2n) is 7.74. The topological polar surface area (TPSA) is 84.3 Å². The average Bonchev–Trinajstić information content (AvgIpc) is 3.03. The van der Waals surface area contributed by atoms with Gasteiger partial charge in [-0.1, -0.05) is 25.1 Å². The predicted molar refractivity (Wildman–Crippen MR) is 112 cm³/mol. The van der Waals surface area contributed by atoms with Crippen LogP contribution in [0.4, 0.5) is 0 Å². The van der Waals surface area contributed by atoms with E-state index in [0.717, 1.165) is 12.1 Å². The highest BCUT2D eigenvalue weighted by atomic mass is 32.2. The van der Waals surface area contributed by atoms with Crippen LogP contribution in [-0.4, -0.2) is 47.5 Å². The van der Waals surface area contributed by atoms with E-state index in [2.05, 4.69) is 10.4 Å². The minimum absolute atomic E-state index is 0.0284. The summed E-state index contributed by atoms with van der Waals surface area (Å²) >= 11 is 0. The minimum Gasteiger partial charge on any atom is -0.353 e. The zero-order chi connectivity index (χ0) is 21.2. The molecule has 1 amide bonds. The van der Waals surface area contributed by atoms with Crippen LogP contribution in [0, 0.1) is 19.8 Å². The molecule has 3 rings (SSSR count). The molecule has 0 spiro atoms. The molecule has 158 valence electrons. The molecule has 1 atom stereocenters. The number of benzene rings is 1. The molecule has 2 heterocycles. The van der Waals surface area contributed by atoms with Crippen LogP contribution in [0.15, 0.2) is 35.2 Å². The normalized spacial score (nSPS) is 17.2. The number of aromatic nitrogens is 2. The van der Waals surface area contributed by atoms with Gasteiger partial charge in [0.25, 0.3) is 0 Å². The second kappa shape index (κ2) is 8.67. The van der Waals surface area contributed by atoms with E-state index in [-0.39, 0.29) is 22.8 Å². The van der Waals surface area contributed by atoms with Crippen molar-refractivity contribution in [2.45, 2.75) is 57.9 Å². The van der Waals surface area contributed by atoms with E-state index < -0.39 is 10.0 Å². The van der Waals surface area contributed by atoms with E-state index >= 15 is 0 Å². The van der Waals surface area contributed by atoms with Crippen LogP contribution in [0.3, 0.4) is 0 Å². The maximum Gasteiger partial charge on any atom is 0.246 e. The average molecular weight is 419 g/mol.